The number of hydrogen-bond donors (Lipinski definition) is 3. The maximum Gasteiger partial charge on any atom is 0.291 e. The lowest BCUT2D eigenvalue weighted by Gasteiger charge is -2.21. The van der Waals surface area contributed by atoms with E-state index in [2.05, 4.69) is 34.6 Å². The highest BCUT2D eigenvalue weighted by Crippen LogP contribution is 2.32. The molecular formula is C19H24FN5O3. The Hall–Kier alpha value is -2.68. The normalized spacial score (nSPS) is 23.4. The minimum absolute atomic E-state index is 0.0159. The molecule has 3 heterocycles. The Labute approximate surface area is 162 Å². The highest BCUT2D eigenvalue weighted by molar-refractivity contribution is 5.90. The van der Waals surface area contributed by atoms with Gasteiger partial charge in [-0.25, -0.2) is 14.1 Å². The maximum absolute atomic E-state index is 14.2. The number of aliphatic hydroxyl groups is 1. The van der Waals surface area contributed by atoms with E-state index in [0.29, 0.717) is 17.2 Å². The molecule has 1 aromatic carbocycles. The fourth-order valence-electron chi connectivity index (χ4n) is 3.74. The molecule has 3 atom stereocenters. The second-order valence-corrected chi connectivity index (χ2v) is 7.75. The molecule has 0 fully saturated rings. The Morgan fingerprint density at radius 3 is 3.00 bits per heavy atom. The van der Waals surface area contributed by atoms with Crippen LogP contribution in [0.15, 0.2) is 12.1 Å². The molecule has 0 aliphatic carbocycles. The lowest BCUT2D eigenvalue weighted by atomic mass is 10.0. The van der Waals surface area contributed by atoms with Crippen molar-refractivity contribution >= 4 is 11.6 Å². The van der Waals surface area contributed by atoms with Gasteiger partial charge in [0, 0.05) is 6.42 Å². The minimum atomic E-state index is -1.22. The quantitative estimate of drug-likeness (QED) is 0.740. The lowest BCUT2D eigenvalue weighted by molar-refractivity contribution is 0.0808. The summed E-state index contributed by atoms with van der Waals surface area (Å²) in [6.45, 7) is 5.97. The van der Waals surface area contributed by atoms with Crippen LogP contribution in [0.1, 0.15) is 48.3 Å². The number of nitrogens with one attached hydrogen (secondary N) is 2. The van der Waals surface area contributed by atoms with Crippen LogP contribution in [0.3, 0.4) is 0 Å². The standard InChI is InChI=1S/C19H24FN5O3/c1-9(2)13-4-5-15-22-17(24-25(13)15)19(27)21-12-8-28-14-7-10(3)6-11(20)16(14)23-18(12)26/h6-7,9,12-13,18,23,26H,4-5,8H2,1-3H3,(H,21,27)/t12-,13?,18?/m0/s1. The van der Waals surface area contributed by atoms with Gasteiger partial charge in [0.1, 0.15) is 42.0 Å². The summed E-state index contributed by atoms with van der Waals surface area (Å²) < 4.78 is 21.6. The van der Waals surface area contributed by atoms with E-state index in [9.17, 15) is 14.3 Å². The first kappa shape index (κ1) is 18.7. The monoisotopic (exact) mass is 389 g/mol. The molecule has 0 saturated carbocycles. The number of benzene rings is 1. The molecule has 0 saturated heterocycles. The third-order valence-electron chi connectivity index (χ3n) is 5.26. The van der Waals surface area contributed by atoms with Gasteiger partial charge in [0.25, 0.3) is 5.91 Å². The fraction of sp³-hybridized carbons (Fsp3) is 0.526. The van der Waals surface area contributed by atoms with E-state index in [0.717, 1.165) is 18.7 Å². The summed E-state index contributed by atoms with van der Waals surface area (Å²) in [5, 5.41) is 20.1. The molecule has 1 amide bonds. The molecular weight excluding hydrogens is 365 g/mol. The Kier molecular flexibility index (Phi) is 4.70. The van der Waals surface area contributed by atoms with Crippen molar-refractivity contribution in [3.05, 3.63) is 35.2 Å². The van der Waals surface area contributed by atoms with Gasteiger partial charge in [-0.1, -0.05) is 13.8 Å². The second kappa shape index (κ2) is 7.05. The largest absolute Gasteiger partial charge is 0.489 e. The Balaban J connectivity index is 1.49. The number of aromatic nitrogens is 3. The van der Waals surface area contributed by atoms with E-state index >= 15 is 0 Å². The zero-order chi connectivity index (χ0) is 20.0. The highest BCUT2D eigenvalue weighted by atomic mass is 19.1. The van der Waals surface area contributed by atoms with Gasteiger partial charge in [-0.3, -0.25) is 4.79 Å². The lowest BCUT2D eigenvalue weighted by Crippen LogP contribution is -2.49. The van der Waals surface area contributed by atoms with Crippen molar-refractivity contribution in [3.63, 3.8) is 0 Å². The van der Waals surface area contributed by atoms with Crippen molar-refractivity contribution in [2.75, 3.05) is 11.9 Å². The van der Waals surface area contributed by atoms with E-state index in [-0.39, 0.29) is 24.2 Å². The first-order chi connectivity index (χ1) is 13.3. The van der Waals surface area contributed by atoms with Crippen LogP contribution in [0.5, 0.6) is 5.75 Å². The zero-order valence-corrected chi connectivity index (χ0v) is 16.1. The molecule has 2 aliphatic rings. The number of anilines is 1. The molecule has 2 aromatic rings. The summed E-state index contributed by atoms with van der Waals surface area (Å²) in [5.74, 6) is 0.541. The predicted octanol–water partition coefficient (Wildman–Crippen LogP) is 1.79. The first-order valence-corrected chi connectivity index (χ1v) is 9.47. The van der Waals surface area contributed by atoms with Crippen LogP contribution in [0.2, 0.25) is 0 Å². The van der Waals surface area contributed by atoms with Gasteiger partial charge in [0.2, 0.25) is 5.82 Å². The number of ether oxygens (including phenoxy) is 1. The smallest absolute Gasteiger partial charge is 0.291 e. The molecule has 0 radical (unpaired) electrons. The number of carbonyl (C=O) groups is 1. The number of carbonyl (C=O) groups excluding carboxylic acids is 1. The van der Waals surface area contributed by atoms with E-state index in [1.165, 1.54) is 6.07 Å². The van der Waals surface area contributed by atoms with Crippen molar-refractivity contribution in [1.82, 2.24) is 20.1 Å². The van der Waals surface area contributed by atoms with Crippen molar-refractivity contribution < 1.29 is 19.0 Å². The Bertz CT molecular complexity index is 913. The number of aryl methyl sites for hydroxylation is 2. The minimum Gasteiger partial charge on any atom is -0.489 e. The van der Waals surface area contributed by atoms with Crippen LogP contribution in [0.4, 0.5) is 10.1 Å². The predicted molar refractivity (Wildman–Crippen MR) is 99.7 cm³/mol. The Morgan fingerprint density at radius 1 is 1.46 bits per heavy atom. The van der Waals surface area contributed by atoms with Gasteiger partial charge in [0.05, 0.1) is 6.04 Å². The maximum atomic E-state index is 14.2. The molecule has 2 unspecified atom stereocenters. The molecule has 4 rings (SSSR count). The molecule has 8 nitrogen and oxygen atoms in total. The average Bonchev–Trinajstić information content (AvgIpc) is 3.16. The first-order valence-electron chi connectivity index (χ1n) is 9.47. The Morgan fingerprint density at radius 2 is 2.25 bits per heavy atom. The summed E-state index contributed by atoms with van der Waals surface area (Å²) in [5.41, 5.74) is 0.778. The number of halogens is 1. The van der Waals surface area contributed by atoms with Gasteiger partial charge < -0.3 is 20.5 Å². The van der Waals surface area contributed by atoms with Gasteiger partial charge >= 0.3 is 0 Å². The van der Waals surface area contributed by atoms with E-state index in [4.69, 9.17) is 4.74 Å². The van der Waals surface area contributed by atoms with Crippen LogP contribution in [0, 0.1) is 18.7 Å². The van der Waals surface area contributed by atoms with Gasteiger partial charge in [0.15, 0.2) is 0 Å². The molecule has 28 heavy (non-hydrogen) atoms. The fourth-order valence-corrected chi connectivity index (χ4v) is 3.74. The van der Waals surface area contributed by atoms with Crippen LogP contribution < -0.4 is 15.4 Å². The summed E-state index contributed by atoms with van der Waals surface area (Å²) in [4.78, 5) is 17.0. The summed E-state index contributed by atoms with van der Waals surface area (Å²) in [7, 11) is 0. The molecule has 3 N–H and O–H groups in total. The second-order valence-electron chi connectivity index (χ2n) is 7.75. The van der Waals surface area contributed by atoms with E-state index < -0.39 is 24.0 Å². The molecule has 1 aromatic heterocycles. The molecule has 9 heteroatoms. The van der Waals surface area contributed by atoms with Gasteiger partial charge in [-0.2, -0.15) is 0 Å². The van der Waals surface area contributed by atoms with E-state index in [1.807, 2.05) is 4.68 Å². The zero-order valence-electron chi connectivity index (χ0n) is 16.1. The topological polar surface area (TPSA) is 101 Å². The molecule has 0 spiro atoms. The number of aliphatic hydroxyl groups excluding tert-OH is 1. The third-order valence-corrected chi connectivity index (χ3v) is 5.26. The van der Waals surface area contributed by atoms with Crippen LogP contribution in [-0.4, -0.2) is 44.7 Å². The third kappa shape index (κ3) is 3.30. The number of hydrogen-bond acceptors (Lipinski definition) is 6. The van der Waals surface area contributed by atoms with Gasteiger partial charge in [-0.15, -0.1) is 5.10 Å². The van der Waals surface area contributed by atoms with Crippen LogP contribution in [-0.2, 0) is 6.42 Å². The number of rotatable bonds is 3. The van der Waals surface area contributed by atoms with Crippen LogP contribution >= 0.6 is 0 Å². The summed E-state index contributed by atoms with van der Waals surface area (Å²) in [6.07, 6.45) is 0.533. The summed E-state index contributed by atoms with van der Waals surface area (Å²) in [6, 6.07) is 2.47. The van der Waals surface area contributed by atoms with E-state index in [1.54, 1.807) is 13.0 Å². The molecule has 2 aliphatic heterocycles. The SMILES string of the molecule is Cc1cc(F)c2c(c1)OC[C@H](NC(=O)c1nc3n(n1)C(C(C)C)CC3)C(O)N2. The van der Waals surface area contributed by atoms with Crippen molar-refractivity contribution in [2.45, 2.75) is 51.9 Å². The number of fused-ring (bicyclic) bond motifs is 2. The van der Waals surface area contributed by atoms with Crippen LogP contribution in [0.25, 0.3) is 0 Å². The number of nitrogens with zero attached hydrogens (tertiary/aromatic N) is 3. The van der Waals surface area contributed by atoms with Crippen molar-refractivity contribution in [2.24, 2.45) is 5.92 Å². The molecule has 0 bridgehead atoms. The highest BCUT2D eigenvalue weighted by Gasteiger charge is 2.32. The summed E-state index contributed by atoms with van der Waals surface area (Å²) >= 11 is 0. The number of amides is 1. The average molecular weight is 389 g/mol. The van der Waals surface area contributed by atoms with Crippen molar-refractivity contribution in [1.29, 1.82) is 0 Å². The van der Waals surface area contributed by atoms with Crippen molar-refractivity contribution in [3.8, 4) is 5.75 Å². The van der Waals surface area contributed by atoms with Gasteiger partial charge in [-0.05, 0) is 37.0 Å². The molecule has 150 valence electrons.